The molecule has 5 heavy (non-hydrogen) atoms. The smallest absolute Gasteiger partial charge is 1.00 e. The van der Waals surface area contributed by atoms with Gasteiger partial charge in [-0.2, -0.15) is 0 Å². The second-order valence-electron chi connectivity index (χ2n) is 0. The van der Waals surface area contributed by atoms with Crippen LogP contribution < -0.4 is 51.4 Å². The molecule has 0 aromatic rings. The monoisotopic (exact) mass is 178 g/mol. The molecule has 0 aliphatic carbocycles. The average Bonchev–Trinajstić information content (AvgIpc) is 1.00. The van der Waals surface area contributed by atoms with E-state index in [4.69, 9.17) is 5.26 Å². The van der Waals surface area contributed by atoms with E-state index in [9.17, 15) is 0 Å². The van der Waals surface area contributed by atoms with Crippen molar-refractivity contribution in [3.05, 3.63) is 0 Å². The van der Waals surface area contributed by atoms with Crippen molar-refractivity contribution in [2.75, 3.05) is 0 Å². The van der Waals surface area contributed by atoms with Crippen molar-refractivity contribution < 1.29 is 86.9 Å². The topological polar surface area (TPSA) is 23.8 Å². The molecule has 27 valence electrons. The number of hydrogen-bond donors (Lipinski definition) is 0. The van der Waals surface area contributed by atoms with Gasteiger partial charge in [0.2, 0.25) is 0 Å². The first-order chi connectivity index (χ1) is 1.00. The summed E-state index contributed by atoms with van der Waals surface area (Å²) in [4.78, 5) is 0. The summed E-state index contributed by atoms with van der Waals surface area (Å²) in [5.41, 5.74) is 0. The predicted molar refractivity (Wildman–Crippen MR) is 7.78 cm³/mol. The minimum absolute atomic E-state index is 0. The molecule has 0 aliphatic heterocycles. The largest absolute Gasteiger partial charge is 1.00 e. The molecule has 0 amide bonds. The Morgan fingerprint density at radius 1 is 1.40 bits per heavy atom. The summed E-state index contributed by atoms with van der Waals surface area (Å²) in [5.74, 6) is 0. The normalized spacial score (nSPS) is 0.400. The van der Waals surface area contributed by atoms with Crippen LogP contribution in [-0.4, -0.2) is 0 Å². The maximum Gasteiger partial charge on any atom is 1.00 e. The molecule has 0 rings (SSSR count). The van der Waals surface area contributed by atoms with E-state index in [-0.39, 0.29) is 86.9 Å². The van der Waals surface area contributed by atoms with Gasteiger partial charge >= 0.3 is 51.4 Å². The van der Waals surface area contributed by atoms with E-state index in [1.165, 1.54) is 0 Å². The van der Waals surface area contributed by atoms with Crippen LogP contribution >= 0.6 is 0 Å². The summed E-state index contributed by atoms with van der Waals surface area (Å²) in [6.07, 6.45) is 0. The zero-order valence-electron chi connectivity index (χ0n) is 3.76. The van der Waals surface area contributed by atoms with Crippen LogP contribution in [0, 0.1) is 11.8 Å². The standard InChI is InChI=1S/CHN.Fe.K.Mn.H/c1-2;;;;/h1H;;;;/q;;+1;;-1. The Morgan fingerprint density at radius 3 is 1.40 bits per heavy atom. The van der Waals surface area contributed by atoms with Gasteiger partial charge in [0.05, 0.1) is 0 Å². The van der Waals surface area contributed by atoms with Crippen LogP contribution in [0.1, 0.15) is 1.43 Å². The molecule has 1 radical (unpaired) electrons. The maximum atomic E-state index is 6.50. The Morgan fingerprint density at radius 2 is 1.40 bits per heavy atom. The fourth-order valence-corrected chi connectivity index (χ4v) is 0. The van der Waals surface area contributed by atoms with Crippen molar-refractivity contribution in [3.8, 4) is 6.57 Å². The molecule has 4 heteroatoms. The Bertz CT molecular complexity index is 20.3. The molecule has 0 unspecified atom stereocenters. The van der Waals surface area contributed by atoms with Gasteiger partial charge in [-0.3, -0.25) is 0 Å². The molecular formula is CH2FeKMnN. The first-order valence-electron chi connectivity index (χ1n) is 0.258. The predicted octanol–water partition coefficient (Wildman–Crippen LogP) is -2.75. The molecular weight excluding hydrogens is 176 g/mol. The van der Waals surface area contributed by atoms with Crippen LogP contribution in [0.3, 0.4) is 0 Å². The third-order valence-electron chi connectivity index (χ3n) is 0. The van der Waals surface area contributed by atoms with Crippen LogP contribution in [0.25, 0.3) is 0 Å². The summed E-state index contributed by atoms with van der Waals surface area (Å²) in [6.45, 7) is 3.50. The van der Waals surface area contributed by atoms with Gasteiger partial charge in [0.1, 0.15) is 0 Å². The minimum atomic E-state index is 0. The number of nitriles is 1. The summed E-state index contributed by atoms with van der Waals surface area (Å²) in [6, 6.07) is 0. The van der Waals surface area contributed by atoms with Gasteiger partial charge in [-0.25, -0.2) is 5.26 Å². The van der Waals surface area contributed by atoms with Gasteiger partial charge in [0.25, 0.3) is 0 Å². The Hall–Kier alpha value is 2.17. The van der Waals surface area contributed by atoms with Crippen molar-refractivity contribution in [3.63, 3.8) is 0 Å². The molecule has 0 saturated carbocycles. The van der Waals surface area contributed by atoms with Crippen molar-refractivity contribution in [1.29, 1.82) is 5.26 Å². The summed E-state index contributed by atoms with van der Waals surface area (Å²) in [5, 5.41) is 6.50. The van der Waals surface area contributed by atoms with E-state index in [1.807, 2.05) is 0 Å². The molecule has 0 spiro atoms. The van der Waals surface area contributed by atoms with Crippen molar-refractivity contribution in [2.24, 2.45) is 0 Å². The minimum Gasteiger partial charge on any atom is -1.00 e. The van der Waals surface area contributed by atoms with Gasteiger partial charge in [-0.15, -0.1) is 0 Å². The molecule has 0 N–H and O–H groups in total. The van der Waals surface area contributed by atoms with Gasteiger partial charge in [0.15, 0.2) is 0 Å². The third kappa shape index (κ3) is 22.8. The van der Waals surface area contributed by atoms with Gasteiger partial charge in [-0.1, -0.05) is 0 Å². The summed E-state index contributed by atoms with van der Waals surface area (Å²) < 4.78 is 0. The second-order valence-corrected chi connectivity index (χ2v) is 0. The SMILES string of the molecule is C#N.[Fe].[H-].[K+].[Mn]. The molecule has 0 aliphatic rings. The van der Waals surface area contributed by atoms with Crippen LogP contribution in [0.15, 0.2) is 0 Å². The van der Waals surface area contributed by atoms with Crippen LogP contribution in [0.2, 0.25) is 0 Å². The summed E-state index contributed by atoms with van der Waals surface area (Å²) >= 11 is 0. The van der Waals surface area contributed by atoms with E-state index in [1.54, 1.807) is 0 Å². The van der Waals surface area contributed by atoms with Crippen LogP contribution in [-0.2, 0) is 34.1 Å². The Balaban J connectivity index is -0.000000000833. The Kier molecular flexibility index (Phi) is 191. The molecule has 0 saturated heterocycles. The zero-order chi connectivity index (χ0) is 2.00. The second kappa shape index (κ2) is 35.1. The van der Waals surface area contributed by atoms with E-state index in [2.05, 4.69) is 6.57 Å². The maximum absolute atomic E-state index is 6.50. The van der Waals surface area contributed by atoms with Gasteiger partial charge in [0, 0.05) is 40.7 Å². The Labute approximate surface area is 96.7 Å². The van der Waals surface area contributed by atoms with E-state index >= 15 is 0 Å². The quantitative estimate of drug-likeness (QED) is 0.369. The fraction of sp³-hybridized carbons (Fsp3) is 0. The zero-order valence-corrected chi connectivity index (χ0v) is 8.16. The van der Waals surface area contributed by atoms with Gasteiger partial charge in [-0.05, 0) is 0 Å². The van der Waals surface area contributed by atoms with Crippen LogP contribution in [0.5, 0.6) is 0 Å². The fourth-order valence-electron chi connectivity index (χ4n) is 0. The van der Waals surface area contributed by atoms with E-state index in [0.29, 0.717) is 0 Å². The molecule has 0 aromatic heterocycles. The number of hydrogen-bond acceptors (Lipinski definition) is 1. The molecule has 1 nitrogen and oxygen atoms in total. The van der Waals surface area contributed by atoms with Crippen molar-refractivity contribution in [2.45, 2.75) is 0 Å². The first-order valence-corrected chi connectivity index (χ1v) is 0.258. The molecule has 0 fully saturated rings. The number of nitrogens with zero attached hydrogens (tertiary/aromatic N) is 1. The van der Waals surface area contributed by atoms with E-state index < -0.39 is 0 Å². The van der Waals surface area contributed by atoms with Crippen molar-refractivity contribution >= 4 is 0 Å². The molecule has 0 heterocycles. The van der Waals surface area contributed by atoms with Gasteiger partial charge < -0.3 is 1.43 Å². The summed E-state index contributed by atoms with van der Waals surface area (Å²) in [7, 11) is 0. The molecule has 0 aromatic carbocycles. The van der Waals surface area contributed by atoms with Crippen LogP contribution in [0.4, 0.5) is 0 Å². The first kappa shape index (κ1) is 27.2. The molecule has 0 atom stereocenters. The average molecular weight is 178 g/mol. The van der Waals surface area contributed by atoms with Crippen molar-refractivity contribution in [1.82, 2.24) is 0 Å². The third-order valence-corrected chi connectivity index (χ3v) is 0. The number of rotatable bonds is 0. The van der Waals surface area contributed by atoms with E-state index in [0.717, 1.165) is 0 Å². The molecule has 0 bridgehead atoms.